The fourth-order valence-corrected chi connectivity index (χ4v) is 27.9. The molecule has 0 radical (unpaired) electrons. The molecule has 8 aliphatic heterocycles. The molecule has 14 bridgehead atoms. The van der Waals surface area contributed by atoms with E-state index in [4.69, 9.17) is 0 Å². The van der Waals surface area contributed by atoms with Gasteiger partial charge < -0.3 is 0 Å². The summed E-state index contributed by atoms with van der Waals surface area (Å²) in [5, 5.41) is 0.296. The van der Waals surface area contributed by atoms with Crippen LogP contribution >= 0.6 is 0 Å². The van der Waals surface area contributed by atoms with Crippen LogP contribution in [0.25, 0.3) is 0 Å². The van der Waals surface area contributed by atoms with Crippen molar-refractivity contribution in [3.63, 3.8) is 0 Å². The quantitative estimate of drug-likeness (QED) is 0.237. The zero-order valence-electron chi connectivity index (χ0n) is 42.8. The minimum absolute atomic E-state index is 0.296. The van der Waals surface area contributed by atoms with Gasteiger partial charge in [-0.25, -0.2) is 0 Å². The van der Waals surface area contributed by atoms with E-state index in [9.17, 15) is 29.5 Å². The first kappa shape index (κ1) is 56.3. The van der Waals surface area contributed by atoms with E-state index < -0.39 is 75.6 Å². The van der Waals surface area contributed by atoms with Crippen LogP contribution in [0.5, 0.6) is 0 Å². The Balaban J connectivity index is 0.769. The minimum Gasteiger partial charge on any atom is -0.260 e. The standard InChI is InChI=1S/C55H96O7S7/c56-63-29-42-1-3-43(4-2-42)30-64(57)32-45-9-11-47(12-10-45)34-66(59)36-49-17-19-51(20-18-49)38-68(61)40-53-25-27-55(28-26-53)69(62)41-54-23-21-52(22-24-54)39-67(60)37-50-15-13-48(14-16-50)35-65(58)33-46-7-5-44(31-63)6-8-46/h42-55H,1-41H2/t42?,43?,44?,45?,46?,47?,48?,49?,50?,51?,52?,53?,54?,55?,63?,64?,65-,66?,67?,68?,69?/m0/s1. The van der Waals surface area contributed by atoms with E-state index in [1.807, 2.05) is 0 Å². The molecule has 6 unspecified atom stereocenters. The van der Waals surface area contributed by atoms with E-state index in [0.717, 1.165) is 255 Å². The van der Waals surface area contributed by atoms with Crippen molar-refractivity contribution in [3.8, 4) is 0 Å². The lowest BCUT2D eigenvalue weighted by molar-refractivity contribution is 0.302. The van der Waals surface area contributed by atoms with Gasteiger partial charge in [0.25, 0.3) is 0 Å². The summed E-state index contributed by atoms with van der Waals surface area (Å²) < 4.78 is 93.9. The van der Waals surface area contributed by atoms with E-state index >= 15 is 0 Å². The summed E-state index contributed by atoms with van der Waals surface area (Å²) in [5.41, 5.74) is 0. The summed E-state index contributed by atoms with van der Waals surface area (Å²) in [5.74, 6) is 17.8. The van der Waals surface area contributed by atoms with Crippen LogP contribution in [0.3, 0.4) is 0 Å². The average Bonchev–Trinajstić information content (AvgIpc) is 3.32. The molecule has 0 aromatic carbocycles. The lowest BCUT2D eigenvalue weighted by Gasteiger charge is -2.32. The van der Waals surface area contributed by atoms with Crippen LogP contribution < -0.4 is 0 Å². The second kappa shape index (κ2) is 29.0. The Labute approximate surface area is 438 Å². The third-order valence-corrected chi connectivity index (χ3v) is 31.6. The lowest BCUT2D eigenvalue weighted by Crippen LogP contribution is -2.31. The van der Waals surface area contributed by atoms with Gasteiger partial charge >= 0.3 is 0 Å². The first-order chi connectivity index (χ1) is 33.4. The van der Waals surface area contributed by atoms with Gasteiger partial charge in [-0.2, -0.15) is 0 Å². The highest BCUT2D eigenvalue weighted by atomic mass is 32.2. The molecule has 0 spiro atoms. The maximum Gasteiger partial charge on any atom is 0.0348 e. The van der Waals surface area contributed by atoms with E-state index in [-0.39, 0.29) is 0 Å². The predicted octanol–water partition coefficient (Wildman–Crippen LogP) is 10.6. The monoisotopic (exact) mass is 1090 g/mol. The third kappa shape index (κ3) is 19.2. The van der Waals surface area contributed by atoms with Gasteiger partial charge in [-0.15, -0.1) is 0 Å². The molecule has 7 aliphatic carbocycles. The molecule has 7 nitrogen and oxygen atoms in total. The molecule has 15 fully saturated rings. The third-order valence-electron chi connectivity index (χ3n) is 19.4. The predicted molar refractivity (Wildman–Crippen MR) is 299 cm³/mol. The van der Waals surface area contributed by atoms with Crippen molar-refractivity contribution < 1.29 is 29.5 Å². The largest absolute Gasteiger partial charge is 0.260 e. The summed E-state index contributed by atoms with van der Waals surface area (Å²) in [4.78, 5) is 0. The average molecular weight is 1090 g/mol. The summed E-state index contributed by atoms with van der Waals surface area (Å²) in [6.45, 7) is 0. The number of fused-ring (bicyclic) bond motifs is 7. The molecule has 400 valence electrons. The molecule has 0 aromatic heterocycles. The van der Waals surface area contributed by atoms with Crippen molar-refractivity contribution in [2.45, 2.75) is 185 Å². The minimum atomic E-state index is -0.793. The second-order valence-electron chi connectivity index (χ2n) is 25.1. The zero-order chi connectivity index (χ0) is 48.1. The van der Waals surface area contributed by atoms with Crippen molar-refractivity contribution in [1.29, 1.82) is 0 Å². The normalized spacial score (nSPS) is 47.3. The van der Waals surface area contributed by atoms with Crippen molar-refractivity contribution >= 4 is 75.6 Å². The van der Waals surface area contributed by atoms with Crippen LogP contribution in [0.2, 0.25) is 0 Å². The lowest BCUT2D eigenvalue weighted by atomic mass is 9.83. The fraction of sp³-hybridized carbons (Fsp3) is 1.00. The van der Waals surface area contributed by atoms with Crippen LogP contribution in [0.1, 0.15) is 180 Å². The van der Waals surface area contributed by atoms with E-state index in [0.29, 0.717) is 82.2 Å². The van der Waals surface area contributed by atoms with E-state index in [1.165, 1.54) is 0 Å². The first-order valence-corrected chi connectivity index (χ1v) is 39.2. The van der Waals surface area contributed by atoms with Crippen molar-refractivity contribution in [1.82, 2.24) is 0 Å². The highest BCUT2D eigenvalue weighted by molar-refractivity contribution is 7.86. The van der Waals surface area contributed by atoms with Gasteiger partial charge in [0, 0.05) is 156 Å². The first-order valence-electron chi connectivity index (χ1n) is 28.9. The second-order valence-corrected chi connectivity index (χ2v) is 36.2. The summed E-state index contributed by atoms with van der Waals surface area (Å²) in [6, 6.07) is 0. The SMILES string of the molecule is O=S1CC2CCC(CC2)CS(=O)CC2CCC(CC2)CS(=O)CC2CCC(CC2)S(=O)CC2CCC(CC2)CS(=O)CC2CCC(CC2)C[S@@](=O)CC2CCC(CC2)CS(=O)CC2CCC(CC2)C1. The molecule has 8 saturated heterocycles. The Kier molecular flexibility index (Phi) is 23.6. The van der Waals surface area contributed by atoms with Crippen LogP contribution in [0.15, 0.2) is 0 Å². The van der Waals surface area contributed by atoms with Gasteiger partial charge in [0.1, 0.15) is 0 Å². The number of rotatable bonds is 0. The van der Waals surface area contributed by atoms with Crippen molar-refractivity contribution in [3.05, 3.63) is 0 Å². The molecule has 0 aromatic rings. The van der Waals surface area contributed by atoms with Crippen LogP contribution in [-0.2, 0) is 75.6 Å². The molecule has 14 heteroatoms. The fourth-order valence-electron chi connectivity index (χ4n) is 14.9. The maximum absolute atomic E-state index is 13.6. The molecule has 0 amide bonds. The summed E-state index contributed by atoms with van der Waals surface area (Å²) >= 11 is 0. The smallest absolute Gasteiger partial charge is 0.0348 e. The molecule has 15 aliphatic rings. The summed E-state index contributed by atoms with van der Waals surface area (Å²) in [7, 11) is -5.45. The summed E-state index contributed by atoms with van der Waals surface area (Å²) in [6.07, 6.45) is 31.2. The zero-order valence-corrected chi connectivity index (χ0v) is 48.5. The molecule has 0 N–H and O–H groups in total. The van der Waals surface area contributed by atoms with E-state index in [1.54, 1.807) is 0 Å². The van der Waals surface area contributed by atoms with Gasteiger partial charge in [0.05, 0.1) is 0 Å². The highest BCUT2D eigenvalue weighted by Gasteiger charge is 2.34. The topological polar surface area (TPSA) is 119 Å². The Morgan fingerprint density at radius 1 is 0.159 bits per heavy atom. The van der Waals surface area contributed by atoms with Crippen LogP contribution in [0, 0.1) is 76.9 Å². The van der Waals surface area contributed by atoms with Gasteiger partial charge in [-0.3, -0.25) is 29.5 Å². The molecule has 7 atom stereocenters. The van der Waals surface area contributed by atoms with E-state index in [2.05, 4.69) is 0 Å². The molecular weight excluding hydrogens is 997 g/mol. The highest BCUT2D eigenvalue weighted by Crippen LogP contribution is 2.38. The van der Waals surface area contributed by atoms with Crippen molar-refractivity contribution in [2.75, 3.05) is 74.8 Å². The molecule has 69 heavy (non-hydrogen) atoms. The Morgan fingerprint density at radius 3 is 0.420 bits per heavy atom. The van der Waals surface area contributed by atoms with Gasteiger partial charge in [-0.1, -0.05) is 0 Å². The molecular formula is C55H96O7S7. The van der Waals surface area contributed by atoms with Gasteiger partial charge in [0.15, 0.2) is 0 Å². The Bertz CT molecular complexity index is 1720. The molecule has 15 rings (SSSR count). The van der Waals surface area contributed by atoms with Gasteiger partial charge in [-0.05, 0) is 257 Å². The number of hydrogen-bond acceptors (Lipinski definition) is 7. The molecule has 7 saturated carbocycles. The van der Waals surface area contributed by atoms with Gasteiger partial charge in [0.2, 0.25) is 0 Å². The Hall–Kier alpha value is 1.05. The van der Waals surface area contributed by atoms with Crippen LogP contribution in [0.4, 0.5) is 0 Å². The maximum atomic E-state index is 13.6. The Morgan fingerprint density at radius 2 is 0.275 bits per heavy atom. The van der Waals surface area contributed by atoms with Crippen molar-refractivity contribution in [2.24, 2.45) is 76.9 Å². The molecule has 8 heterocycles. The van der Waals surface area contributed by atoms with Crippen LogP contribution in [-0.4, -0.2) is 109 Å². The number of hydrogen-bond donors (Lipinski definition) is 0.